The largest absolute Gasteiger partial charge is 0.107 e. The van der Waals surface area contributed by atoms with Gasteiger partial charge in [0.05, 0.1) is 0 Å². The summed E-state index contributed by atoms with van der Waals surface area (Å²) in [5, 5.41) is 0. The molecule has 0 nitrogen and oxygen atoms in total. The highest BCUT2D eigenvalue weighted by molar-refractivity contribution is 4.94. The molecule has 0 radical (unpaired) electrons. The van der Waals surface area contributed by atoms with E-state index in [2.05, 4.69) is 25.7 Å². The van der Waals surface area contributed by atoms with Gasteiger partial charge in [0.15, 0.2) is 0 Å². The summed E-state index contributed by atoms with van der Waals surface area (Å²) in [7, 11) is 0. The monoisotopic (exact) mass is 250 g/mol. The SMILES string of the molecule is CC#CCCCCCCCC(C)CCCCCC. The lowest BCUT2D eigenvalue weighted by atomic mass is 9.96. The van der Waals surface area contributed by atoms with Gasteiger partial charge < -0.3 is 0 Å². The summed E-state index contributed by atoms with van der Waals surface area (Å²) in [5.41, 5.74) is 0. The van der Waals surface area contributed by atoms with Crippen molar-refractivity contribution in [3.8, 4) is 11.8 Å². The van der Waals surface area contributed by atoms with Crippen molar-refractivity contribution in [2.75, 3.05) is 0 Å². The van der Waals surface area contributed by atoms with Crippen molar-refractivity contribution in [3.63, 3.8) is 0 Å². The molecule has 0 aliphatic rings. The molecule has 0 amide bonds. The van der Waals surface area contributed by atoms with E-state index in [0.717, 1.165) is 12.3 Å². The van der Waals surface area contributed by atoms with Crippen LogP contribution in [0.5, 0.6) is 0 Å². The molecule has 0 spiro atoms. The fourth-order valence-corrected chi connectivity index (χ4v) is 2.43. The van der Waals surface area contributed by atoms with Crippen LogP contribution in [-0.4, -0.2) is 0 Å². The van der Waals surface area contributed by atoms with Crippen molar-refractivity contribution in [3.05, 3.63) is 0 Å². The van der Waals surface area contributed by atoms with Crippen LogP contribution in [0.1, 0.15) is 97.8 Å². The summed E-state index contributed by atoms with van der Waals surface area (Å²) >= 11 is 0. The van der Waals surface area contributed by atoms with Gasteiger partial charge in [0.1, 0.15) is 0 Å². The van der Waals surface area contributed by atoms with E-state index >= 15 is 0 Å². The van der Waals surface area contributed by atoms with Gasteiger partial charge in [0.2, 0.25) is 0 Å². The highest BCUT2D eigenvalue weighted by Crippen LogP contribution is 2.17. The molecule has 0 N–H and O–H groups in total. The van der Waals surface area contributed by atoms with Gasteiger partial charge in [-0.25, -0.2) is 0 Å². The zero-order valence-corrected chi connectivity index (χ0v) is 13.1. The summed E-state index contributed by atoms with van der Waals surface area (Å²) in [4.78, 5) is 0. The van der Waals surface area contributed by atoms with E-state index in [4.69, 9.17) is 0 Å². The fraction of sp³-hybridized carbons (Fsp3) is 0.889. The zero-order chi connectivity index (χ0) is 13.5. The molecule has 0 heteroatoms. The summed E-state index contributed by atoms with van der Waals surface area (Å²) in [6.07, 6.45) is 16.6. The lowest BCUT2D eigenvalue weighted by molar-refractivity contribution is 0.434. The van der Waals surface area contributed by atoms with Gasteiger partial charge >= 0.3 is 0 Å². The number of unbranched alkanes of at least 4 members (excludes halogenated alkanes) is 8. The fourth-order valence-electron chi connectivity index (χ4n) is 2.43. The van der Waals surface area contributed by atoms with Gasteiger partial charge in [0, 0.05) is 6.42 Å². The molecule has 0 saturated carbocycles. The van der Waals surface area contributed by atoms with Gasteiger partial charge in [-0.3, -0.25) is 0 Å². The van der Waals surface area contributed by atoms with Crippen LogP contribution in [0.15, 0.2) is 0 Å². The molecule has 0 aromatic carbocycles. The van der Waals surface area contributed by atoms with E-state index in [0.29, 0.717) is 0 Å². The molecule has 0 aliphatic heterocycles. The summed E-state index contributed by atoms with van der Waals surface area (Å²) in [6.45, 7) is 6.65. The third-order valence-corrected chi connectivity index (χ3v) is 3.73. The Morgan fingerprint density at radius 3 is 1.94 bits per heavy atom. The molecule has 0 saturated heterocycles. The standard InChI is InChI=1S/C18H34/c1-4-6-8-10-11-12-13-15-17-18(3)16-14-9-7-5-2/h18H,5,7-17H2,1-3H3. The topological polar surface area (TPSA) is 0 Å². The Hall–Kier alpha value is -0.440. The highest BCUT2D eigenvalue weighted by atomic mass is 14.1. The second-order valence-electron chi connectivity index (χ2n) is 5.69. The van der Waals surface area contributed by atoms with Gasteiger partial charge in [-0.05, 0) is 19.3 Å². The molecule has 0 aromatic rings. The Morgan fingerprint density at radius 1 is 0.778 bits per heavy atom. The van der Waals surface area contributed by atoms with Gasteiger partial charge in [0.25, 0.3) is 0 Å². The van der Waals surface area contributed by atoms with Gasteiger partial charge in [-0.15, -0.1) is 11.8 Å². The number of rotatable bonds is 12. The third-order valence-electron chi connectivity index (χ3n) is 3.73. The van der Waals surface area contributed by atoms with E-state index in [1.807, 2.05) is 6.92 Å². The van der Waals surface area contributed by atoms with Crippen molar-refractivity contribution < 1.29 is 0 Å². The minimum Gasteiger partial charge on any atom is -0.107 e. The van der Waals surface area contributed by atoms with Crippen molar-refractivity contribution in [1.29, 1.82) is 0 Å². The molecule has 0 aromatic heterocycles. The average molecular weight is 250 g/mol. The van der Waals surface area contributed by atoms with E-state index in [1.54, 1.807) is 0 Å². The second-order valence-corrected chi connectivity index (χ2v) is 5.69. The Labute approximate surface area is 116 Å². The molecular formula is C18H34. The smallest absolute Gasteiger partial charge is 0.00885 e. The molecule has 0 aliphatic carbocycles. The normalized spacial score (nSPS) is 11.9. The van der Waals surface area contributed by atoms with Crippen molar-refractivity contribution in [2.45, 2.75) is 97.8 Å². The molecule has 0 bridgehead atoms. The van der Waals surface area contributed by atoms with Crippen molar-refractivity contribution >= 4 is 0 Å². The van der Waals surface area contributed by atoms with Crippen LogP contribution in [0.3, 0.4) is 0 Å². The summed E-state index contributed by atoms with van der Waals surface area (Å²) < 4.78 is 0. The maximum atomic E-state index is 3.14. The summed E-state index contributed by atoms with van der Waals surface area (Å²) in [6, 6.07) is 0. The Kier molecular flexibility index (Phi) is 14.3. The van der Waals surface area contributed by atoms with Crippen LogP contribution in [0, 0.1) is 17.8 Å². The van der Waals surface area contributed by atoms with Crippen LogP contribution in [-0.2, 0) is 0 Å². The van der Waals surface area contributed by atoms with Crippen LogP contribution in [0.2, 0.25) is 0 Å². The van der Waals surface area contributed by atoms with Crippen LogP contribution in [0.4, 0.5) is 0 Å². The zero-order valence-electron chi connectivity index (χ0n) is 13.1. The highest BCUT2D eigenvalue weighted by Gasteiger charge is 2.01. The quantitative estimate of drug-likeness (QED) is 0.280. The third kappa shape index (κ3) is 13.6. The first kappa shape index (κ1) is 17.6. The molecule has 0 rings (SSSR count). The summed E-state index contributed by atoms with van der Waals surface area (Å²) in [5.74, 6) is 7.06. The Morgan fingerprint density at radius 2 is 1.33 bits per heavy atom. The van der Waals surface area contributed by atoms with Gasteiger partial charge in [-0.1, -0.05) is 78.1 Å². The molecule has 0 heterocycles. The predicted octanol–water partition coefficient (Wildman–Crippen LogP) is 6.35. The minimum atomic E-state index is 0.952. The van der Waals surface area contributed by atoms with Crippen LogP contribution in [0.25, 0.3) is 0 Å². The molecule has 106 valence electrons. The average Bonchev–Trinajstić information content (AvgIpc) is 2.38. The van der Waals surface area contributed by atoms with Gasteiger partial charge in [-0.2, -0.15) is 0 Å². The Bertz CT molecular complexity index is 206. The van der Waals surface area contributed by atoms with E-state index in [-0.39, 0.29) is 0 Å². The number of hydrogen-bond acceptors (Lipinski definition) is 0. The molecule has 1 atom stereocenters. The minimum absolute atomic E-state index is 0.952. The first-order valence-electron chi connectivity index (χ1n) is 8.20. The second kappa shape index (κ2) is 14.6. The van der Waals surface area contributed by atoms with Crippen molar-refractivity contribution in [1.82, 2.24) is 0 Å². The van der Waals surface area contributed by atoms with E-state index < -0.39 is 0 Å². The predicted molar refractivity (Wildman–Crippen MR) is 83.7 cm³/mol. The van der Waals surface area contributed by atoms with Crippen LogP contribution >= 0.6 is 0 Å². The molecule has 1 unspecified atom stereocenters. The van der Waals surface area contributed by atoms with E-state index in [9.17, 15) is 0 Å². The maximum Gasteiger partial charge on any atom is 0.00885 e. The van der Waals surface area contributed by atoms with E-state index in [1.165, 1.54) is 70.6 Å². The maximum absolute atomic E-state index is 3.14. The lowest BCUT2D eigenvalue weighted by Crippen LogP contribution is -1.95. The van der Waals surface area contributed by atoms with Crippen LogP contribution < -0.4 is 0 Å². The number of hydrogen-bond donors (Lipinski definition) is 0. The lowest BCUT2D eigenvalue weighted by Gasteiger charge is -2.10. The Balaban J connectivity index is 3.14. The first-order valence-corrected chi connectivity index (χ1v) is 8.20. The molecule has 0 fully saturated rings. The molecule has 18 heavy (non-hydrogen) atoms. The molecular weight excluding hydrogens is 216 g/mol. The first-order chi connectivity index (χ1) is 8.81. The van der Waals surface area contributed by atoms with Crippen molar-refractivity contribution in [2.24, 2.45) is 5.92 Å².